The van der Waals surface area contributed by atoms with Crippen LogP contribution in [-0.2, 0) is 65.4 Å². The zero-order chi connectivity index (χ0) is 77.4. The first-order valence-corrected chi connectivity index (χ1v) is 45.1. The van der Waals surface area contributed by atoms with Crippen LogP contribution in [0.5, 0.6) is 0 Å². The largest absolute Gasteiger partial charge is 0.472 e. The van der Waals surface area contributed by atoms with Crippen molar-refractivity contribution < 1.29 is 80.2 Å². The maximum absolute atomic E-state index is 13.1. The number of carbonyl (C=O) groups excluding carboxylic acids is 4. The number of aliphatic hydroxyl groups excluding tert-OH is 1. The van der Waals surface area contributed by atoms with Gasteiger partial charge in [-0.05, 0) is 103 Å². The fraction of sp³-hybridized carbons (Fsp3) is 0.747. The molecule has 0 bridgehead atoms. The Morgan fingerprint density at radius 1 is 0.264 bits per heavy atom. The molecule has 0 saturated heterocycles. The van der Waals surface area contributed by atoms with Crippen molar-refractivity contribution >= 4 is 39.5 Å². The average molecular weight is 1530 g/mol. The molecule has 612 valence electrons. The van der Waals surface area contributed by atoms with Gasteiger partial charge in [-0.2, -0.15) is 0 Å². The van der Waals surface area contributed by atoms with Crippen LogP contribution in [0.3, 0.4) is 0 Å². The summed E-state index contributed by atoms with van der Waals surface area (Å²) in [6, 6.07) is 0. The fourth-order valence-corrected chi connectivity index (χ4v) is 12.9. The smallest absolute Gasteiger partial charge is 0.462 e. The van der Waals surface area contributed by atoms with E-state index >= 15 is 0 Å². The number of esters is 4. The van der Waals surface area contributed by atoms with E-state index in [1.54, 1.807) is 0 Å². The van der Waals surface area contributed by atoms with Crippen LogP contribution >= 0.6 is 15.6 Å². The minimum Gasteiger partial charge on any atom is -0.462 e. The number of unbranched alkanes of at least 4 members (excludes halogenated alkanes) is 35. The Bertz CT molecular complexity index is 2430. The maximum atomic E-state index is 13.1. The third-order valence-corrected chi connectivity index (χ3v) is 19.7. The molecule has 17 nitrogen and oxygen atoms in total. The lowest BCUT2D eigenvalue weighted by atomic mass is 10.0. The first-order chi connectivity index (χ1) is 51.7. The number of ether oxygens (including phenoxy) is 4. The summed E-state index contributed by atoms with van der Waals surface area (Å²) in [5.41, 5.74) is 0. The zero-order valence-corrected chi connectivity index (χ0v) is 68.9. The number of hydrogen-bond donors (Lipinski definition) is 3. The van der Waals surface area contributed by atoms with Crippen molar-refractivity contribution in [2.45, 2.75) is 380 Å². The summed E-state index contributed by atoms with van der Waals surface area (Å²) in [4.78, 5) is 73.1. The molecule has 0 aromatic rings. The summed E-state index contributed by atoms with van der Waals surface area (Å²) in [6.07, 6.45) is 86.5. The monoisotopic (exact) mass is 1530 g/mol. The molecule has 0 aromatic carbocycles. The number of carbonyl (C=O) groups is 4. The maximum Gasteiger partial charge on any atom is 0.472 e. The summed E-state index contributed by atoms with van der Waals surface area (Å²) in [5.74, 6) is -2.31. The van der Waals surface area contributed by atoms with Crippen LogP contribution in [0.25, 0.3) is 0 Å². The van der Waals surface area contributed by atoms with E-state index in [-0.39, 0.29) is 25.7 Å². The second-order valence-corrected chi connectivity index (χ2v) is 31.0. The molecule has 0 rings (SSSR count). The molecule has 0 aromatic heterocycles. The number of rotatable bonds is 79. The minimum absolute atomic E-state index is 0.0386. The molecular weight excluding hydrogens is 1380 g/mol. The summed E-state index contributed by atoms with van der Waals surface area (Å²) in [7, 11) is -9.99. The Balaban J connectivity index is 5.45. The summed E-state index contributed by atoms with van der Waals surface area (Å²) in [6.45, 7) is 4.74. The van der Waals surface area contributed by atoms with Gasteiger partial charge in [0, 0.05) is 25.7 Å². The van der Waals surface area contributed by atoms with Crippen LogP contribution in [-0.4, -0.2) is 96.7 Å². The average Bonchev–Trinajstić information content (AvgIpc) is 0.909. The molecule has 0 radical (unpaired) electrons. The molecule has 0 aliphatic rings. The zero-order valence-electron chi connectivity index (χ0n) is 67.1. The van der Waals surface area contributed by atoms with Gasteiger partial charge in [-0.25, -0.2) is 9.13 Å². The summed E-state index contributed by atoms with van der Waals surface area (Å²) >= 11 is 0. The second-order valence-electron chi connectivity index (χ2n) is 28.1. The lowest BCUT2D eigenvalue weighted by Crippen LogP contribution is -2.30. The molecule has 0 amide bonds. The Kier molecular flexibility index (Phi) is 75.6. The predicted octanol–water partition coefficient (Wildman–Crippen LogP) is 24.9. The van der Waals surface area contributed by atoms with Crippen molar-refractivity contribution in [1.82, 2.24) is 0 Å². The molecule has 0 aliphatic carbocycles. The number of allylic oxidation sites excluding steroid dienone is 18. The van der Waals surface area contributed by atoms with E-state index in [0.29, 0.717) is 38.5 Å². The van der Waals surface area contributed by atoms with Crippen molar-refractivity contribution in [2.24, 2.45) is 0 Å². The van der Waals surface area contributed by atoms with E-state index in [2.05, 4.69) is 113 Å². The third-order valence-electron chi connectivity index (χ3n) is 17.8. The van der Waals surface area contributed by atoms with Crippen molar-refractivity contribution in [2.75, 3.05) is 39.6 Å². The molecule has 5 atom stereocenters. The molecule has 3 N–H and O–H groups in total. The minimum atomic E-state index is -5.00. The predicted molar refractivity (Wildman–Crippen MR) is 436 cm³/mol. The van der Waals surface area contributed by atoms with Crippen LogP contribution in [0.4, 0.5) is 0 Å². The van der Waals surface area contributed by atoms with Crippen LogP contribution in [0.15, 0.2) is 109 Å². The molecule has 0 fully saturated rings. The highest BCUT2D eigenvalue weighted by molar-refractivity contribution is 7.47. The number of phosphoric acid groups is 2. The Hall–Kier alpha value is -4.28. The highest BCUT2D eigenvalue weighted by Crippen LogP contribution is 2.45. The highest BCUT2D eigenvalue weighted by atomic mass is 31.2. The SMILES string of the molecule is CCCCC/C=C\C/C=C\C/C=C\C/C=C\C/C=C\CCC(=O)OC[C@H](COP(=O)(O)OC[C@@H](O)COP(=O)(O)OC[C@@H](COC(=O)CCC/C=C\C/C=C\C/C=C\C/C=C\CCCCC)OC(=O)CCCCCCCCCCCCCCCCC)OC(=O)CCCCCCCCCCCCCCCCC. The van der Waals surface area contributed by atoms with E-state index in [1.807, 2.05) is 24.3 Å². The van der Waals surface area contributed by atoms with Crippen molar-refractivity contribution in [1.29, 1.82) is 0 Å². The van der Waals surface area contributed by atoms with Gasteiger partial charge >= 0.3 is 39.5 Å². The van der Waals surface area contributed by atoms with Gasteiger partial charge in [-0.1, -0.05) is 343 Å². The van der Waals surface area contributed by atoms with Crippen LogP contribution in [0.1, 0.15) is 362 Å². The van der Waals surface area contributed by atoms with E-state index in [1.165, 1.54) is 167 Å². The van der Waals surface area contributed by atoms with Crippen molar-refractivity contribution in [3.8, 4) is 0 Å². The van der Waals surface area contributed by atoms with Crippen LogP contribution in [0.2, 0.25) is 0 Å². The molecule has 0 spiro atoms. The normalized spacial score (nSPS) is 14.4. The van der Waals surface area contributed by atoms with Crippen LogP contribution < -0.4 is 0 Å². The fourth-order valence-electron chi connectivity index (χ4n) is 11.3. The topological polar surface area (TPSA) is 237 Å². The molecule has 0 aliphatic heterocycles. The van der Waals surface area contributed by atoms with Gasteiger partial charge in [0.15, 0.2) is 12.2 Å². The molecule has 0 heterocycles. The Morgan fingerprint density at radius 2 is 0.491 bits per heavy atom. The number of aliphatic hydroxyl groups is 1. The standard InChI is InChI=1S/C87H152O17P2/c1-5-9-13-17-21-25-29-33-37-39-40-42-46-48-52-56-60-64-68-72-85(90)98-78-83(104-87(92)74-70-66-62-58-54-50-44-36-32-28-24-20-16-12-8-4)80-102-106(95,96)100-76-81(88)75-99-105(93,94)101-79-82(103-86(91)73-69-65-61-57-53-49-43-35-31-27-23-19-15-11-7-3)77-97-84(89)71-67-63-59-55-51-47-45-41-38-34-30-26-22-18-14-10-6-2/h21-22,25-26,33-34,37-38,40,42,45,47-48,52,55,59-60,64,81-83,88H,5-20,23-24,27-32,35-36,39,41,43-44,46,49-51,53-54,56-58,61-63,65-80H2,1-4H3,(H,93,94)(H,95,96)/b25-21-,26-22-,37-33-,38-34-,42-40-,47-45-,52-48-,59-55-,64-60-/t81-,82+,83+/m0/s1. The highest BCUT2D eigenvalue weighted by Gasteiger charge is 2.30. The quantitative estimate of drug-likeness (QED) is 0.0169. The third kappa shape index (κ3) is 77.9. The second kappa shape index (κ2) is 78.8. The Morgan fingerprint density at radius 3 is 0.792 bits per heavy atom. The van der Waals surface area contributed by atoms with Gasteiger partial charge < -0.3 is 33.8 Å². The van der Waals surface area contributed by atoms with E-state index < -0.39 is 97.5 Å². The Labute approximate surface area is 645 Å². The van der Waals surface area contributed by atoms with E-state index in [9.17, 15) is 43.2 Å². The van der Waals surface area contributed by atoms with Gasteiger partial charge in [0.25, 0.3) is 0 Å². The van der Waals surface area contributed by atoms with Crippen molar-refractivity contribution in [3.63, 3.8) is 0 Å². The van der Waals surface area contributed by atoms with Crippen molar-refractivity contribution in [3.05, 3.63) is 109 Å². The van der Waals surface area contributed by atoms with Crippen LogP contribution in [0, 0.1) is 0 Å². The summed E-state index contributed by atoms with van der Waals surface area (Å²) < 4.78 is 68.6. The summed E-state index contributed by atoms with van der Waals surface area (Å²) in [5, 5.41) is 10.7. The molecule has 2 unspecified atom stereocenters. The lowest BCUT2D eigenvalue weighted by Gasteiger charge is -2.21. The van der Waals surface area contributed by atoms with Gasteiger partial charge in [0.05, 0.1) is 26.4 Å². The van der Waals surface area contributed by atoms with Gasteiger partial charge in [0.2, 0.25) is 0 Å². The number of hydrogen-bond acceptors (Lipinski definition) is 15. The number of phosphoric ester groups is 2. The molecule has 106 heavy (non-hydrogen) atoms. The van der Waals surface area contributed by atoms with Gasteiger partial charge in [-0.3, -0.25) is 37.3 Å². The van der Waals surface area contributed by atoms with E-state index in [0.717, 1.165) is 103 Å². The van der Waals surface area contributed by atoms with Gasteiger partial charge in [0.1, 0.15) is 19.3 Å². The molecule has 0 saturated carbocycles. The lowest BCUT2D eigenvalue weighted by molar-refractivity contribution is -0.161. The molecular formula is C87H152O17P2. The van der Waals surface area contributed by atoms with Gasteiger partial charge in [-0.15, -0.1) is 0 Å². The first-order valence-electron chi connectivity index (χ1n) is 42.1. The molecule has 19 heteroatoms. The van der Waals surface area contributed by atoms with E-state index in [4.69, 9.17) is 37.0 Å². The first kappa shape index (κ1) is 102.